The van der Waals surface area contributed by atoms with Gasteiger partial charge in [-0.3, -0.25) is 4.79 Å². The molecule has 0 amide bonds. The van der Waals surface area contributed by atoms with Gasteiger partial charge in [0.2, 0.25) is 5.88 Å². The smallest absolute Gasteiger partial charge is 0.412 e. The van der Waals surface area contributed by atoms with E-state index in [9.17, 15) is 23.1 Å². The summed E-state index contributed by atoms with van der Waals surface area (Å²) in [6.07, 6.45) is 2.29. The highest BCUT2D eigenvalue weighted by atomic mass is 32.2. The normalized spacial score (nSPS) is 15.5. The van der Waals surface area contributed by atoms with Crippen molar-refractivity contribution in [3.63, 3.8) is 0 Å². The summed E-state index contributed by atoms with van der Waals surface area (Å²) in [7, 11) is 0. The minimum absolute atomic E-state index is 0.0364. The number of hydrogen-bond acceptors (Lipinski definition) is 6. The third-order valence-electron chi connectivity index (χ3n) is 4.43. The summed E-state index contributed by atoms with van der Waals surface area (Å²) in [5.41, 5.74) is 0.982. The molecule has 1 N–H and O–H groups in total. The monoisotopic (exact) mass is 486 g/mol. The van der Waals surface area contributed by atoms with Gasteiger partial charge in [0.25, 0.3) is 0 Å². The molecule has 2 rings (SSSR count). The first-order valence-electron chi connectivity index (χ1n) is 9.79. The van der Waals surface area contributed by atoms with Gasteiger partial charge in [-0.1, -0.05) is 24.4 Å². The number of aliphatic carboxylic acids is 1. The molecule has 32 heavy (non-hydrogen) atoms. The summed E-state index contributed by atoms with van der Waals surface area (Å²) in [5, 5.41) is 11.1. The molecule has 0 spiro atoms. The first kappa shape index (κ1) is 25.9. The quantitative estimate of drug-likeness (QED) is 0.237. The van der Waals surface area contributed by atoms with Crippen LogP contribution in [-0.2, 0) is 16.0 Å². The molecule has 5 nitrogen and oxygen atoms in total. The van der Waals surface area contributed by atoms with Gasteiger partial charge in [-0.25, -0.2) is 9.98 Å². The van der Waals surface area contributed by atoms with Gasteiger partial charge in [0.15, 0.2) is 4.34 Å². The van der Waals surface area contributed by atoms with Crippen molar-refractivity contribution in [2.45, 2.75) is 55.3 Å². The number of carboxylic acid groups (broad SMARTS) is 1. The number of nitrogens with zero attached hydrogens (tertiary/aromatic N) is 2. The molecule has 0 radical (unpaired) electrons. The Hall–Kier alpha value is -2.33. The number of allylic oxidation sites excluding steroid dienone is 6. The molecule has 1 aliphatic carbocycles. The summed E-state index contributed by atoms with van der Waals surface area (Å²) < 4.78 is 44.1. The van der Waals surface area contributed by atoms with Crippen LogP contribution in [0.3, 0.4) is 0 Å². The van der Waals surface area contributed by atoms with E-state index in [1.807, 2.05) is 5.38 Å². The van der Waals surface area contributed by atoms with Crippen molar-refractivity contribution in [3.8, 4) is 0 Å². The average Bonchev–Trinajstić information content (AvgIpc) is 3.16. The van der Waals surface area contributed by atoms with Crippen LogP contribution in [0.2, 0.25) is 0 Å². The SMILES string of the molecule is C=C(C=N/C(=C\C)OCCc1csc(SC(C)(C)C(=O)O)n1)C1=CCCC(C(F)(F)F)=C1. The second-order valence-corrected chi connectivity index (χ2v) is 10.1. The van der Waals surface area contributed by atoms with Gasteiger partial charge in [-0.2, -0.15) is 13.2 Å². The van der Waals surface area contributed by atoms with E-state index >= 15 is 0 Å². The van der Waals surface area contributed by atoms with Crippen molar-refractivity contribution in [1.82, 2.24) is 4.98 Å². The topological polar surface area (TPSA) is 71.8 Å². The van der Waals surface area contributed by atoms with Crippen molar-refractivity contribution in [2.75, 3.05) is 6.61 Å². The van der Waals surface area contributed by atoms with Gasteiger partial charge < -0.3 is 9.84 Å². The zero-order valence-electron chi connectivity index (χ0n) is 18.0. The molecular weight excluding hydrogens is 461 g/mol. The summed E-state index contributed by atoms with van der Waals surface area (Å²) >= 11 is 2.56. The van der Waals surface area contributed by atoms with Crippen LogP contribution in [0.25, 0.3) is 0 Å². The van der Waals surface area contributed by atoms with E-state index in [1.54, 1.807) is 32.9 Å². The van der Waals surface area contributed by atoms with E-state index < -0.39 is 22.5 Å². The van der Waals surface area contributed by atoms with Gasteiger partial charge in [-0.15, -0.1) is 11.3 Å². The Balaban J connectivity index is 1.88. The molecule has 0 aromatic carbocycles. The van der Waals surface area contributed by atoms with Crippen LogP contribution in [0.1, 0.15) is 39.3 Å². The second kappa shape index (κ2) is 11.0. The summed E-state index contributed by atoms with van der Waals surface area (Å²) in [6.45, 7) is 9.08. The van der Waals surface area contributed by atoms with Gasteiger partial charge >= 0.3 is 12.1 Å². The largest absolute Gasteiger partial charge is 0.480 e. The van der Waals surface area contributed by atoms with E-state index in [0.29, 0.717) is 40.8 Å². The standard InChI is InChI=1S/C22H25F3N2O3S2/c1-5-18(26-12-14(2)15-7-6-8-16(11-15)22(23,24)25)30-10-9-17-13-31-20(27-17)32-21(3,4)19(28)29/h5,7,11-13H,2,6,8-10H2,1,3-4H3,(H,28,29)/b18-5+,26-12?. The number of rotatable bonds is 10. The summed E-state index contributed by atoms with van der Waals surface area (Å²) in [5.74, 6) is -0.590. The Morgan fingerprint density at radius 3 is 2.78 bits per heavy atom. The number of halogens is 3. The molecule has 0 fully saturated rings. The Morgan fingerprint density at radius 2 is 2.16 bits per heavy atom. The van der Waals surface area contributed by atoms with E-state index in [0.717, 1.165) is 11.8 Å². The maximum Gasteiger partial charge on any atom is 0.412 e. The lowest BCUT2D eigenvalue weighted by Gasteiger charge is -2.16. The molecule has 0 saturated carbocycles. The molecule has 0 bridgehead atoms. The zero-order valence-corrected chi connectivity index (χ0v) is 19.7. The molecule has 0 atom stereocenters. The summed E-state index contributed by atoms with van der Waals surface area (Å²) in [4.78, 5) is 19.8. The first-order chi connectivity index (χ1) is 14.9. The fourth-order valence-corrected chi connectivity index (χ4v) is 4.76. The maximum absolute atomic E-state index is 12.9. The molecule has 1 aromatic heterocycles. The van der Waals surface area contributed by atoms with E-state index in [1.165, 1.54) is 29.3 Å². The molecule has 0 aliphatic heterocycles. The van der Waals surface area contributed by atoms with E-state index in [4.69, 9.17) is 4.74 Å². The van der Waals surface area contributed by atoms with Gasteiger partial charge in [0, 0.05) is 23.6 Å². The number of carboxylic acids is 1. The molecule has 1 aliphatic rings. The van der Waals surface area contributed by atoms with Crippen LogP contribution in [0.15, 0.2) is 62.1 Å². The number of thioether (sulfide) groups is 1. The number of thiazole rings is 1. The predicted molar refractivity (Wildman–Crippen MR) is 122 cm³/mol. The van der Waals surface area contributed by atoms with Crippen LogP contribution in [0.5, 0.6) is 0 Å². The van der Waals surface area contributed by atoms with Crippen molar-refractivity contribution in [1.29, 1.82) is 0 Å². The number of aliphatic imine (C=N–C) groups is 1. The fraction of sp³-hybridized carbons (Fsp3) is 0.409. The van der Waals surface area contributed by atoms with E-state index in [-0.39, 0.29) is 6.42 Å². The number of ether oxygens (including phenoxy) is 1. The van der Waals surface area contributed by atoms with Gasteiger partial charge in [0.05, 0.1) is 12.3 Å². The zero-order chi connectivity index (χ0) is 23.9. The molecule has 0 saturated heterocycles. The molecule has 174 valence electrons. The third kappa shape index (κ3) is 7.67. The minimum atomic E-state index is -4.34. The lowest BCUT2D eigenvalue weighted by molar-refractivity contribution is -0.138. The van der Waals surface area contributed by atoms with Crippen LogP contribution in [0.4, 0.5) is 13.2 Å². The fourth-order valence-electron chi connectivity index (χ4n) is 2.53. The molecular formula is C22H25F3N2O3S2. The first-order valence-corrected chi connectivity index (χ1v) is 11.5. The third-order valence-corrected chi connectivity index (χ3v) is 6.61. The second-order valence-electron chi connectivity index (χ2n) is 7.40. The average molecular weight is 487 g/mol. The molecule has 1 heterocycles. The predicted octanol–water partition coefficient (Wildman–Crippen LogP) is 6.35. The number of alkyl halides is 3. The van der Waals surface area contributed by atoms with Crippen molar-refractivity contribution < 1.29 is 27.8 Å². The van der Waals surface area contributed by atoms with Crippen LogP contribution >= 0.6 is 23.1 Å². The highest BCUT2D eigenvalue weighted by Crippen LogP contribution is 2.35. The van der Waals surface area contributed by atoms with Crippen molar-refractivity contribution >= 4 is 35.3 Å². The number of hydrogen-bond donors (Lipinski definition) is 1. The van der Waals surface area contributed by atoms with Gasteiger partial charge in [-0.05, 0) is 56.9 Å². The van der Waals surface area contributed by atoms with Crippen LogP contribution in [-0.4, -0.2) is 39.8 Å². The van der Waals surface area contributed by atoms with Gasteiger partial charge in [0.1, 0.15) is 4.75 Å². The lowest BCUT2D eigenvalue weighted by atomic mass is 9.95. The number of aromatic nitrogens is 1. The van der Waals surface area contributed by atoms with Crippen molar-refractivity contribution in [3.05, 3.63) is 58.5 Å². The molecule has 1 aromatic rings. The summed E-state index contributed by atoms with van der Waals surface area (Å²) in [6, 6.07) is 0. The minimum Gasteiger partial charge on any atom is -0.480 e. The molecule has 10 heteroatoms. The highest BCUT2D eigenvalue weighted by molar-refractivity contribution is 8.02. The van der Waals surface area contributed by atoms with Crippen molar-refractivity contribution in [2.24, 2.45) is 4.99 Å². The Morgan fingerprint density at radius 1 is 1.44 bits per heavy atom. The Labute approximate surface area is 193 Å². The number of carbonyl (C=O) groups is 1. The Bertz CT molecular complexity index is 973. The highest BCUT2D eigenvalue weighted by Gasteiger charge is 2.34. The Kier molecular flexibility index (Phi) is 8.91. The lowest BCUT2D eigenvalue weighted by Crippen LogP contribution is -2.26. The van der Waals surface area contributed by atoms with Crippen LogP contribution < -0.4 is 0 Å². The van der Waals surface area contributed by atoms with Crippen LogP contribution in [0, 0.1) is 0 Å². The maximum atomic E-state index is 12.9. The van der Waals surface area contributed by atoms with E-state index in [2.05, 4.69) is 16.6 Å². The molecule has 0 unspecified atom stereocenters.